The third kappa shape index (κ3) is 2.12. The van der Waals surface area contributed by atoms with Crippen molar-refractivity contribution < 1.29 is 14.6 Å². The minimum absolute atomic E-state index is 0.0916. The number of esters is 1. The number of benzene rings is 1. The molecule has 0 radical (unpaired) electrons. The third-order valence-electron chi connectivity index (χ3n) is 2.74. The number of rotatable bonds is 3. The van der Waals surface area contributed by atoms with Crippen molar-refractivity contribution in [1.29, 1.82) is 0 Å². The average Bonchev–Trinajstić information content (AvgIpc) is 2.79. The number of aryl methyl sites for hydroxylation is 1. The summed E-state index contributed by atoms with van der Waals surface area (Å²) >= 11 is 0. The van der Waals surface area contributed by atoms with Gasteiger partial charge in [0.05, 0.1) is 31.2 Å². The number of methoxy groups -OCH3 is 1. The van der Waals surface area contributed by atoms with Gasteiger partial charge in [-0.2, -0.15) is 5.10 Å². The molecule has 0 amide bonds. The van der Waals surface area contributed by atoms with Gasteiger partial charge in [0, 0.05) is 18.2 Å². The summed E-state index contributed by atoms with van der Waals surface area (Å²) in [5.74, 6) is -0.385. The molecule has 94 valence electrons. The van der Waals surface area contributed by atoms with Gasteiger partial charge in [0.25, 0.3) is 0 Å². The number of carbonyl (C=O) groups is 1. The molecule has 1 N–H and O–H groups in total. The van der Waals surface area contributed by atoms with Gasteiger partial charge >= 0.3 is 5.97 Å². The first kappa shape index (κ1) is 12.3. The Hall–Kier alpha value is -2.14. The zero-order valence-corrected chi connectivity index (χ0v) is 10.3. The third-order valence-corrected chi connectivity index (χ3v) is 2.74. The maximum Gasteiger partial charge on any atom is 0.337 e. The lowest BCUT2D eigenvalue weighted by atomic mass is 10.1. The second-order valence-electron chi connectivity index (χ2n) is 3.87. The fraction of sp³-hybridized carbons (Fsp3) is 0.231. The van der Waals surface area contributed by atoms with Gasteiger partial charge in [-0.1, -0.05) is 12.1 Å². The van der Waals surface area contributed by atoms with Crippen LogP contribution in [0.4, 0.5) is 0 Å². The molecule has 0 atom stereocenters. The quantitative estimate of drug-likeness (QED) is 0.831. The van der Waals surface area contributed by atoms with E-state index in [0.717, 1.165) is 16.8 Å². The van der Waals surface area contributed by atoms with Crippen molar-refractivity contribution in [2.75, 3.05) is 7.11 Å². The van der Waals surface area contributed by atoms with Gasteiger partial charge in [0.1, 0.15) is 0 Å². The zero-order chi connectivity index (χ0) is 13.1. The number of carbonyl (C=O) groups excluding carboxylic acids is 1. The average molecular weight is 246 g/mol. The summed E-state index contributed by atoms with van der Waals surface area (Å²) in [6.07, 6.45) is 1.61. The van der Waals surface area contributed by atoms with Gasteiger partial charge in [-0.05, 0) is 12.1 Å². The Bertz CT molecular complexity index is 575. The van der Waals surface area contributed by atoms with E-state index in [2.05, 4.69) is 9.84 Å². The lowest BCUT2D eigenvalue weighted by Gasteiger charge is -2.06. The van der Waals surface area contributed by atoms with Gasteiger partial charge in [0.15, 0.2) is 0 Å². The predicted molar refractivity (Wildman–Crippen MR) is 65.9 cm³/mol. The molecule has 0 aliphatic heterocycles. The first-order valence-electron chi connectivity index (χ1n) is 5.48. The lowest BCUT2D eigenvalue weighted by molar-refractivity contribution is 0.0601. The molecule has 0 aliphatic rings. The van der Waals surface area contributed by atoms with E-state index in [1.165, 1.54) is 7.11 Å². The van der Waals surface area contributed by atoms with Gasteiger partial charge in [-0.15, -0.1) is 0 Å². The van der Waals surface area contributed by atoms with Crippen LogP contribution in [0.25, 0.3) is 11.3 Å². The number of aromatic nitrogens is 2. The van der Waals surface area contributed by atoms with Crippen molar-refractivity contribution in [3.05, 3.63) is 41.6 Å². The molecule has 0 unspecified atom stereocenters. The van der Waals surface area contributed by atoms with E-state index in [1.807, 2.05) is 6.07 Å². The molecule has 2 rings (SSSR count). The van der Waals surface area contributed by atoms with Gasteiger partial charge < -0.3 is 9.84 Å². The van der Waals surface area contributed by atoms with Gasteiger partial charge in [0.2, 0.25) is 0 Å². The maximum atomic E-state index is 11.5. The minimum atomic E-state index is -0.385. The summed E-state index contributed by atoms with van der Waals surface area (Å²) in [6, 6.07) is 7.05. The standard InChI is InChI=1S/C13H14N2O3/c1-15-12(11(8-16)7-14-15)9-4-3-5-10(6-9)13(17)18-2/h3-7,16H,8H2,1-2H3. The molecule has 0 saturated heterocycles. The number of nitrogens with zero attached hydrogens (tertiary/aromatic N) is 2. The van der Waals surface area contributed by atoms with Gasteiger partial charge in [-0.3, -0.25) is 4.68 Å². The van der Waals surface area contributed by atoms with Crippen LogP contribution < -0.4 is 0 Å². The Labute approximate surface area is 105 Å². The lowest BCUT2D eigenvalue weighted by Crippen LogP contribution is -2.02. The Balaban J connectivity index is 2.51. The van der Waals surface area contributed by atoms with Crippen molar-refractivity contribution in [2.24, 2.45) is 7.05 Å². The van der Waals surface area contributed by atoms with E-state index in [1.54, 1.807) is 36.1 Å². The van der Waals surface area contributed by atoms with Crippen molar-refractivity contribution in [3.63, 3.8) is 0 Å². The summed E-state index contributed by atoms with van der Waals surface area (Å²) in [7, 11) is 3.14. The molecular weight excluding hydrogens is 232 g/mol. The predicted octanol–water partition coefficient (Wildman–Crippen LogP) is 1.37. The molecule has 1 aromatic heterocycles. The van der Waals surface area contributed by atoms with E-state index in [4.69, 9.17) is 0 Å². The summed E-state index contributed by atoms with van der Waals surface area (Å²) in [5.41, 5.74) is 2.81. The molecule has 2 aromatic rings. The van der Waals surface area contributed by atoms with Crippen LogP contribution in [0.1, 0.15) is 15.9 Å². The minimum Gasteiger partial charge on any atom is -0.465 e. The Morgan fingerprint density at radius 3 is 2.94 bits per heavy atom. The number of hydrogen-bond donors (Lipinski definition) is 1. The molecule has 5 heteroatoms. The molecule has 0 spiro atoms. The zero-order valence-electron chi connectivity index (χ0n) is 10.3. The highest BCUT2D eigenvalue weighted by Gasteiger charge is 2.12. The molecule has 0 bridgehead atoms. The molecule has 1 heterocycles. The van der Waals surface area contributed by atoms with Crippen LogP contribution in [0.2, 0.25) is 0 Å². The summed E-state index contributed by atoms with van der Waals surface area (Å²) in [5, 5.41) is 13.4. The molecule has 0 saturated carbocycles. The number of aliphatic hydroxyl groups excluding tert-OH is 1. The number of aliphatic hydroxyl groups is 1. The topological polar surface area (TPSA) is 64.3 Å². The first-order chi connectivity index (χ1) is 8.67. The van der Waals surface area contributed by atoms with Crippen molar-refractivity contribution in [2.45, 2.75) is 6.61 Å². The highest BCUT2D eigenvalue weighted by molar-refractivity contribution is 5.90. The molecule has 1 aromatic carbocycles. The van der Waals surface area contributed by atoms with E-state index < -0.39 is 0 Å². The van der Waals surface area contributed by atoms with E-state index in [0.29, 0.717) is 5.56 Å². The molecule has 0 fully saturated rings. The highest BCUT2D eigenvalue weighted by Crippen LogP contribution is 2.24. The number of hydrogen-bond acceptors (Lipinski definition) is 4. The second-order valence-corrected chi connectivity index (χ2v) is 3.87. The monoisotopic (exact) mass is 246 g/mol. The van der Waals surface area contributed by atoms with Crippen LogP contribution in [0, 0.1) is 0 Å². The van der Waals surface area contributed by atoms with Gasteiger partial charge in [-0.25, -0.2) is 4.79 Å². The van der Waals surface area contributed by atoms with E-state index in [9.17, 15) is 9.90 Å². The van der Waals surface area contributed by atoms with Crippen LogP contribution >= 0.6 is 0 Å². The largest absolute Gasteiger partial charge is 0.465 e. The van der Waals surface area contributed by atoms with Crippen LogP contribution in [-0.2, 0) is 18.4 Å². The molecular formula is C13H14N2O3. The second kappa shape index (κ2) is 5.01. The summed E-state index contributed by atoms with van der Waals surface area (Å²) in [4.78, 5) is 11.5. The molecule has 5 nitrogen and oxygen atoms in total. The van der Waals surface area contributed by atoms with Crippen molar-refractivity contribution in [1.82, 2.24) is 9.78 Å². The van der Waals surface area contributed by atoms with Crippen LogP contribution in [0.15, 0.2) is 30.5 Å². The van der Waals surface area contributed by atoms with Crippen LogP contribution in [0.5, 0.6) is 0 Å². The summed E-state index contributed by atoms with van der Waals surface area (Å²) in [6.45, 7) is -0.0916. The Morgan fingerprint density at radius 2 is 2.28 bits per heavy atom. The van der Waals surface area contributed by atoms with Crippen LogP contribution in [0.3, 0.4) is 0 Å². The van der Waals surface area contributed by atoms with Crippen molar-refractivity contribution >= 4 is 5.97 Å². The normalized spacial score (nSPS) is 10.4. The van der Waals surface area contributed by atoms with E-state index in [-0.39, 0.29) is 12.6 Å². The Kier molecular flexibility index (Phi) is 3.43. The maximum absolute atomic E-state index is 11.5. The van der Waals surface area contributed by atoms with E-state index >= 15 is 0 Å². The molecule has 0 aliphatic carbocycles. The smallest absolute Gasteiger partial charge is 0.337 e. The number of ether oxygens (including phenoxy) is 1. The van der Waals surface area contributed by atoms with Crippen LogP contribution in [-0.4, -0.2) is 28.0 Å². The Morgan fingerprint density at radius 1 is 1.50 bits per heavy atom. The first-order valence-corrected chi connectivity index (χ1v) is 5.48. The molecule has 18 heavy (non-hydrogen) atoms. The summed E-state index contributed by atoms with van der Waals surface area (Å²) < 4.78 is 6.35. The fourth-order valence-corrected chi connectivity index (χ4v) is 1.88. The highest BCUT2D eigenvalue weighted by atomic mass is 16.5. The fourth-order valence-electron chi connectivity index (χ4n) is 1.88. The SMILES string of the molecule is COC(=O)c1cccc(-c2c(CO)cnn2C)c1. The van der Waals surface area contributed by atoms with Crippen molar-refractivity contribution in [3.8, 4) is 11.3 Å².